The molecule has 9 heteroatoms. The fourth-order valence-corrected chi connectivity index (χ4v) is 3.18. The summed E-state index contributed by atoms with van der Waals surface area (Å²) in [4.78, 5) is 22.2. The highest BCUT2D eigenvalue weighted by molar-refractivity contribution is 7.98. The van der Waals surface area contributed by atoms with Crippen LogP contribution in [0.4, 0.5) is 5.69 Å². The van der Waals surface area contributed by atoms with Crippen LogP contribution in [-0.4, -0.2) is 38.4 Å². The van der Waals surface area contributed by atoms with Crippen molar-refractivity contribution in [2.75, 3.05) is 12.8 Å². The molecule has 1 aromatic carbocycles. The van der Waals surface area contributed by atoms with Crippen molar-refractivity contribution in [2.24, 2.45) is 5.92 Å². The Kier molecular flexibility index (Phi) is 7.78. The molecule has 0 aliphatic rings. The number of nitro benzene ring substituents is 1. The van der Waals surface area contributed by atoms with Gasteiger partial charge in [-0.3, -0.25) is 14.9 Å². The first-order valence-corrected chi connectivity index (χ1v) is 10.1. The van der Waals surface area contributed by atoms with Gasteiger partial charge in [-0.25, -0.2) is 0 Å². The van der Waals surface area contributed by atoms with Gasteiger partial charge in [-0.05, 0) is 24.2 Å². The molecule has 0 saturated carbocycles. The van der Waals surface area contributed by atoms with Gasteiger partial charge >= 0.3 is 0 Å². The normalized spacial score (nSPS) is 11.0. The minimum atomic E-state index is -0.454. The number of nitrogens with one attached hydrogen (secondary N) is 1. The van der Waals surface area contributed by atoms with Gasteiger partial charge in [0.25, 0.3) is 5.69 Å². The van der Waals surface area contributed by atoms with Crippen molar-refractivity contribution >= 4 is 23.4 Å². The Morgan fingerprint density at radius 1 is 1.30 bits per heavy atom. The average molecular weight is 391 g/mol. The monoisotopic (exact) mass is 391 g/mol. The molecule has 1 aromatic heterocycles. The number of aromatic nitrogens is 3. The van der Waals surface area contributed by atoms with E-state index < -0.39 is 4.92 Å². The number of rotatable bonds is 10. The third kappa shape index (κ3) is 6.35. The van der Waals surface area contributed by atoms with E-state index in [0.29, 0.717) is 12.5 Å². The summed E-state index contributed by atoms with van der Waals surface area (Å²) in [5.74, 6) is 1.35. The SMILES string of the molecule is CSc1nnc(CCCNC(=O)Cc2ccc([N+](=O)[O-])cc2)n1CC(C)C. The molecule has 27 heavy (non-hydrogen) atoms. The van der Waals surface area contributed by atoms with Crippen LogP contribution in [0.5, 0.6) is 0 Å². The summed E-state index contributed by atoms with van der Waals surface area (Å²) in [5, 5.41) is 22.9. The van der Waals surface area contributed by atoms with Gasteiger partial charge in [-0.1, -0.05) is 37.7 Å². The molecule has 1 heterocycles. The molecule has 0 fully saturated rings. The summed E-state index contributed by atoms with van der Waals surface area (Å²) in [5.41, 5.74) is 0.772. The van der Waals surface area contributed by atoms with Gasteiger partial charge in [0, 0.05) is 31.6 Å². The van der Waals surface area contributed by atoms with Gasteiger partial charge in [0.1, 0.15) is 5.82 Å². The van der Waals surface area contributed by atoms with Gasteiger partial charge in [-0.15, -0.1) is 10.2 Å². The molecular formula is C18H25N5O3S. The van der Waals surface area contributed by atoms with Crippen LogP contribution in [0.25, 0.3) is 0 Å². The van der Waals surface area contributed by atoms with E-state index in [4.69, 9.17) is 0 Å². The van der Waals surface area contributed by atoms with Gasteiger partial charge in [0.2, 0.25) is 5.91 Å². The number of benzene rings is 1. The Morgan fingerprint density at radius 3 is 2.59 bits per heavy atom. The second-order valence-electron chi connectivity index (χ2n) is 6.66. The van der Waals surface area contributed by atoms with Crippen molar-refractivity contribution in [2.45, 2.75) is 44.8 Å². The van der Waals surface area contributed by atoms with E-state index in [1.54, 1.807) is 23.9 Å². The highest BCUT2D eigenvalue weighted by Crippen LogP contribution is 2.16. The van der Waals surface area contributed by atoms with Gasteiger partial charge in [0.15, 0.2) is 5.16 Å². The minimum Gasteiger partial charge on any atom is -0.356 e. The Morgan fingerprint density at radius 2 is 2.00 bits per heavy atom. The van der Waals surface area contributed by atoms with Crippen molar-refractivity contribution in [3.05, 3.63) is 45.8 Å². The lowest BCUT2D eigenvalue weighted by Crippen LogP contribution is -2.26. The number of aryl methyl sites for hydroxylation is 1. The largest absolute Gasteiger partial charge is 0.356 e. The average Bonchev–Trinajstić information content (AvgIpc) is 3.00. The Bertz CT molecular complexity index is 774. The summed E-state index contributed by atoms with van der Waals surface area (Å²) in [7, 11) is 0. The van der Waals surface area contributed by atoms with E-state index in [-0.39, 0.29) is 18.0 Å². The van der Waals surface area contributed by atoms with E-state index in [0.717, 1.165) is 35.9 Å². The van der Waals surface area contributed by atoms with E-state index in [9.17, 15) is 14.9 Å². The molecule has 146 valence electrons. The second-order valence-corrected chi connectivity index (χ2v) is 7.43. The molecule has 2 rings (SSSR count). The quantitative estimate of drug-likeness (QED) is 0.289. The summed E-state index contributed by atoms with van der Waals surface area (Å²) in [6, 6.07) is 6.03. The third-order valence-electron chi connectivity index (χ3n) is 3.93. The van der Waals surface area contributed by atoms with Crippen LogP contribution in [0.15, 0.2) is 29.4 Å². The lowest BCUT2D eigenvalue weighted by molar-refractivity contribution is -0.384. The fraction of sp³-hybridized carbons (Fsp3) is 0.500. The van der Waals surface area contributed by atoms with Crippen molar-refractivity contribution in [3.8, 4) is 0 Å². The maximum Gasteiger partial charge on any atom is 0.269 e. The van der Waals surface area contributed by atoms with Crippen LogP contribution >= 0.6 is 11.8 Å². The molecule has 0 aliphatic carbocycles. The molecule has 0 aliphatic heterocycles. The number of non-ortho nitro benzene ring substituents is 1. The number of carbonyl (C=O) groups excluding carboxylic acids is 1. The van der Waals surface area contributed by atoms with E-state index in [2.05, 4.69) is 33.9 Å². The topological polar surface area (TPSA) is 103 Å². The minimum absolute atomic E-state index is 0.0225. The maximum atomic E-state index is 12.0. The van der Waals surface area contributed by atoms with Crippen LogP contribution in [0.1, 0.15) is 31.7 Å². The molecule has 8 nitrogen and oxygen atoms in total. The molecule has 0 atom stereocenters. The summed E-state index contributed by atoms with van der Waals surface area (Å²) >= 11 is 1.58. The highest BCUT2D eigenvalue weighted by Gasteiger charge is 2.12. The van der Waals surface area contributed by atoms with Crippen molar-refractivity contribution in [1.82, 2.24) is 20.1 Å². The standard InChI is InChI=1S/C18H25N5O3S/c1-13(2)12-22-16(20-21-18(22)27-3)5-4-10-19-17(24)11-14-6-8-15(9-7-14)23(25)26/h6-9,13H,4-5,10-12H2,1-3H3,(H,19,24). The number of nitrogens with zero attached hydrogens (tertiary/aromatic N) is 4. The summed E-state index contributed by atoms with van der Waals surface area (Å²) < 4.78 is 2.15. The molecule has 0 spiro atoms. The third-order valence-corrected chi connectivity index (χ3v) is 4.60. The van der Waals surface area contributed by atoms with E-state index >= 15 is 0 Å². The van der Waals surface area contributed by atoms with Crippen LogP contribution in [0, 0.1) is 16.0 Å². The first-order chi connectivity index (χ1) is 12.9. The zero-order valence-corrected chi connectivity index (χ0v) is 16.7. The Balaban J connectivity index is 1.78. The molecule has 1 N–H and O–H groups in total. The van der Waals surface area contributed by atoms with E-state index in [1.807, 2.05) is 6.26 Å². The van der Waals surface area contributed by atoms with Crippen LogP contribution < -0.4 is 5.32 Å². The molecule has 0 saturated heterocycles. The predicted molar refractivity (Wildman–Crippen MR) is 105 cm³/mol. The number of hydrogen-bond acceptors (Lipinski definition) is 6. The zero-order chi connectivity index (χ0) is 19.8. The predicted octanol–water partition coefficient (Wildman–Crippen LogP) is 2.86. The first kappa shape index (κ1) is 20.9. The zero-order valence-electron chi connectivity index (χ0n) is 15.8. The van der Waals surface area contributed by atoms with Gasteiger partial charge in [-0.2, -0.15) is 0 Å². The smallest absolute Gasteiger partial charge is 0.269 e. The molecule has 2 aromatic rings. The number of carbonyl (C=O) groups is 1. The Labute approximate surface area is 162 Å². The van der Waals surface area contributed by atoms with Gasteiger partial charge < -0.3 is 9.88 Å². The molecule has 1 amide bonds. The van der Waals surface area contributed by atoms with Crippen LogP contribution in [0.3, 0.4) is 0 Å². The van der Waals surface area contributed by atoms with Gasteiger partial charge in [0.05, 0.1) is 11.3 Å². The van der Waals surface area contributed by atoms with Crippen molar-refractivity contribution in [3.63, 3.8) is 0 Å². The maximum absolute atomic E-state index is 12.0. The lowest BCUT2D eigenvalue weighted by atomic mass is 10.1. The van der Waals surface area contributed by atoms with Crippen LogP contribution in [-0.2, 0) is 24.2 Å². The highest BCUT2D eigenvalue weighted by atomic mass is 32.2. The van der Waals surface area contributed by atoms with E-state index in [1.165, 1.54) is 12.1 Å². The molecule has 0 bridgehead atoms. The fourth-order valence-electron chi connectivity index (χ4n) is 2.66. The van der Waals surface area contributed by atoms with Crippen LogP contribution in [0.2, 0.25) is 0 Å². The molecule has 0 unspecified atom stereocenters. The number of nitro groups is 1. The number of amides is 1. The Hall–Kier alpha value is -2.42. The number of hydrogen-bond donors (Lipinski definition) is 1. The molecule has 0 radical (unpaired) electrons. The molecular weight excluding hydrogens is 366 g/mol. The van der Waals surface area contributed by atoms with Crippen molar-refractivity contribution in [1.29, 1.82) is 0 Å². The summed E-state index contributed by atoms with van der Waals surface area (Å²) in [6.45, 7) is 5.75. The summed E-state index contributed by atoms with van der Waals surface area (Å²) in [6.07, 6.45) is 3.72. The van der Waals surface area contributed by atoms with Crippen molar-refractivity contribution < 1.29 is 9.72 Å². The number of thioether (sulfide) groups is 1. The lowest BCUT2D eigenvalue weighted by Gasteiger charge is -2.11. The second kappa shape index (κ2) is 10.1. The first-order valence-electron chi connectivity index (χ1n) is 8.86.